The summed E-state index contributed by atoms with van der Waals surface area (Å²) in [7, 11) is 7.05. The summed E-state index contributed by atoms with van der Waals surface area (Å²) in [6, 6.07) is 5.96. The van der Waals surface area contributed by atoms with Crippen LogP contribution in [0.1, 0.15) is 5.56 Å². The molecular formula is C14H19N3O2. The SMILES string of the molecule is CNc1cc(-c2cc(OC)c(OC)cc2C)n(C)n1. The number of rotatable bonds is 4. The molecule has 1 aromatic carbocycles. The fourth-order valence-corrected chi connectivity index (χ4v) is 2.10. The Bertz CT molecular complexity index is 591. The molecule has 19 heavy (non-hydrogen) atoms. The van der Waals surface area contributed by atoms with Crippen molar-refractivity contribution in [3.05, 3.63) is 23.8 Å². The van der Waals surface area contributed by atoms with Gasteiger partial charge in [0.1, 0.15) is 5.82 Å². The lowest BCUT2D eigenvalue weighted by Crippen LogP contribution is -1.98. The third kappa shape index (κ3) is 2.36. The molecule has 0 spiro atoms. The molecule has 5 heteroatoms. The molecule has 2 rings (SSSR count). The highest BCUT2D eigenvalue weighted by molar-refractivity contribution is 5.70. The first kappa shape index (κ1) is 13.3. The predicted octanol–water partition coefficient (Wildman–Crippen LogP) is 2.45. The third-order valence-electron chi connectivity index (χ3n) is 3.14. The number of nitrogens with one attached hydrogen (secondary N) is 1. The van der Waals surface area contributed by atoms with Crippen LogP contribution in [0.2, 0.25) is 0 Å². The summed E-state index contributed by atoms with van der Waals surface area (Å²) in [6.45, 7) is 2.04. The average Bonchev–Trinajstić information content (AvgIpc) is 2.79. The van der Waals surface area contributed by atoms with Crippen molar-refractivity contribution in [2.45, 2.75) is 6.92 Å². The zero-order valence-corrected chi connectivity index (χ0v) is 11.9. The summed E-state index contributed by atoms with van der Waals surface area (Å²) < 4.78 is 12.5. The number of aryl methyl sites for hydroxylation is 2. The molecule has 0 bridgehead atoms. The Morgan fingerprint density at radius 2 is 1.74 bits per heavy atom. The van der Waals surface area contributed by atoms with Gasteiger partial charge >= 0.3 is 0 Å². The van der Waals surface area contributed by atoms with Crippen molar-refractivity contribution in [1.82, 2.24) is 9.78 Å². The molecule has 0 radical (unpaired) electrons. The highest BCUT2D eigenvalue weighted by Gasteiger charge is 2.13. The van der Waals surface area contributed by atoms with Crippen molar-refractivity contribution in [2.75, 3.05) is 26.6 Å². The van der Waals surface area contributed by atoms with Crippen LogP contribution in [0.5, 0.6) is 11.5 Å². The van der Waals surface area contributed by atoms with Crippen molar-refractivity contribution < 1.29 is 9.47 Å². The zero-order valence-electron chi connectivity index (χ0n) is 11.9. The summed E-state index contributed by atoms with van der Waals surface area (Å²) in [5.74, 6) is 2.29. The third-order valence-corrected chi connectivity index (χ3v) is 3.14. The van der Waals surface area contributed by atoms with Gasteiger partial charge in [-0.15, -0.1) is 0 Å². The van der Waals surface area contributed by atoms with E-state index in [0.29, 0.717) is 0 Å². The van der Waals surface area contributed by atoms with Crippen molar-refractivity contribution in [2.24, 2.45) is 7.05 Å². The maximum atomic E-state index is 5.36. The van der Waals surface area contributed by atoms with E-state index in [0.717, 1.165) is 34.1 Å². The summed E-state index contributed by atoms with van der Waals surface area (Å²) in [5.41, 5.74) is 3.22. The molecule has 0 saturated heterocycles. The lowest BCUT2D eigenvalue weighted by molar-refractivity contribution is 0.355. The van der Waals surface area contributed by atoms with Gasteiger partial charge < -0.3 is 14.8 Å². The molecule has 1 N–H and O–H groups in total. The van der Waals surface area contributed by atoms with E-state index in [2.05, 4.69) is 10.4 Å². The molecule has 0 saturated carbocycles. The number of methoxy groups -OCH3 is 2. The minimum atomic E-state index is 0.718. The van der Waals surface area contributed by atoms with Crippen LogP contribution in [0.25, 0.3) is 11.3 Å². The minimum absolute atomic E-state index is 0.718. The maximum absolute atomic E-state index is 5.36. The summed E-state index contributed by atoms with van der Waals surface area (Å²) >= 11 is 0. The van der Waals surface area contributed by atoms with E-state index in [1.54, 1.807) is 14.2 Å². The minimum Gasteiger partial charge on any atom is -0.493 e. The number of anilines is 1. The Balaban J connectivity index is 2.58. The highest BCUT2D eigenvalue weighted by Crippen LogP contribution is 2.35. The standard InChI is InChI=1S/C14H19N3O2/c1-9-6-12(18-4)13(19-5)7-10(9)11-8-14(15-2)16-17(11)3/h6-8H,1-5H3,(H,15,16). The fourth-order valence-electron chi connectivity index (χ4n) is 2.10. The number of aromatic nitrogens is 2. The molecule has 0 aliphatic rings. The van der Waals surface area contributed by atoms with Crippen LogP contribution in [-0.4, -0.2) is 31.0 Å². The van der Waals surface area contributed by atoms with Crippen LogP contribution in [0.15, 0.2) is 18.2 Å². The summed E-state index contributed by atoms with van der Waals surface area (Å²) in [4.78, 5) is 0. The van der Waals surface area contributed by atoms with E-state index in [9.17, 15) is 0 Å². The molecule has 0 fully saturated rings. The van der Waals surface area contributed by atoms with Gasteiger partial charge in [-0.25, -0.2) is 0 Å². The van der Waals surface area contributed by atoms with Gasteiger partial charge in [0, 0.05) is 25.7 Å². The van der Waals surface area contributed by atoms with Gasteiger partial charge in [-0.1, -0.05) is 0 Å². The average molecular weight is 261 g/mol. The number of hydrogen-bond acceptors (Lipinski definition) is 4. The molecule has 2 aromatic rings. The predicted molar refractivity (Wildman–Crippen MR) is 76.0 cm³/mol. The van der Waals surface area contributed by atoms with Crippen LogP contribution in [0.3, 0.4) is 0 Å². The second kappa shape index (κ2) is 5.22. The van der Waals surface area contributed by atoms with E-state index in [4.69, 9.17) is 9.47 Å². The van der Waals surface area contributed by atoms with Crippen molar-refractivity contribution >= 4 is 5.82 Å². The van der Waals surface area contributed by atoms with Gasteiger partial charge in [-0.05, 0) is 24.6 Å². The molecule has 5 nitrogen and oxygen atoms in total. The number of hydrogen-bond donors (Lipinski definition) is 1. The lowest BCUT2D eigenvalue weighted by Gasteiger charge is -2.12. The Morgan fingerprint density at radius 3 is 2.26 bits per heavy atom. The van der Waals surface area contributed by atoms with Crippen LogP contribution in [0, 0.1) is 6.92 Å². The molecule has 1 heterocycles. The van der Waals surface area contributed by atoms with Crippen molar-refractivity contribution in [3.8, 4) is 22.8 Å². The lowest BCUT2D eigenvalue weighted by atomic mass is 10.0. The zero-order chi connectivity index (χ0) is 14.0. The molecule has 0 aliphatic heterocycles. The first-order chi connectivity index (χ1) is 9.10. The van der Waals surface area contributed by atoms with Crippen molar-refractivity contribution in [3.63, 3.8) is 0 Å². The Labute approximate surface area is 113 Å². The molecule has 102 valence electrons. The van der Waals surface area contributed by atoms with E-state index in [1.165, 1.54) is 0 Å². The van der Waals surface area contributed by atoms with Gasteiger partial charge in [0.25, 0.3) is 0 Å². The number of benzene rings is 1. The Morgan fingerprint density at radius 1 is 1.11 bits per heavy atom. The normalized spacial score (nSPS) is 10.4. The Kier molecular flexibility index (Phi) is 3.64. The van der Waals surface area contributed by atoms with E-state index >= 15 is 0 Å². The van der Waals surface area contributed by atoms with Gasteiger partial charge in [-0.2, -0.15) is 5.10 Å². The van der Waals surface area contributed by atoms with Crippen LogP contribution in [-0.2, 0) is 7.05 Å². The molecular weight excluding hydrogens is 242 g/mol. The van der Waals surface area contributed by atoms with Gasteiger partial charge in [0.2, 0.25) is 0 Å². The van der Waals surface area contributed by atoms with Gasteiger partial charge in [0.05, 0.1) is 19.9 Å². The number of ether oxygens (including phenoxy) is 2. The maximum Gasteiger partial charge on any atom is 0.161 e. The van der Waals surface area contributed by atoms with E-state index in [-0.39, 0.29) is 0 Å². The summed E-state index contributed by atoms with van der Waals surface area (Å²) in [5, 5.41) is 7.42. The summed E-state index contributed by atoms with van der Waals surface area (Å²) in [6.07, 6.45) is 0. The van der Waals surface area contributed by atoms with Crippen LogP contribution >= 0.6 is 0 Å². The van der Waals surface area contributed by atoms with E-state index < -0.39 is 0 Å². The topological polar surface area (TPSA) is 48.3 Å². The van der Waals surface area contributed by atoms with Crippen LogP contribution < -0.4 is 14.8 Å². The number of nitrogens with zero attached hydrogens (tertiary/aromatic N) is 2. The monoisotopic (exact) mass is 261 g/mol. The van der Waals surface area contributed by atoms with E-state index in [1.807, 2.05) is 43.9 Å². The molecule has 0 amide bonds. The largest absolute Gasteiger partial charge is 0.493 e. The molecule has 0 atom stereocenters. The first-order valence-corrected chi connectivity index (χ1v) is 6.05. The van der Waals surface area contributed by atoms with Crippen molar-refractivity contribution in [1.29, 1.82) is 0 Å². The molecule has 1 aromatic heterocycles. The second-order valence-electron chi connectivity index (χ2n) is 4.31. The first-order valence-electron chi connectivity index (χ1n) is 6.05. The van der Waals surface area contributed by atoms with Gasteiger partial charge in [-0.3, -0.25) is 4.68 Å². The smallest absolute Gasteiger partial charge is 0.161 e. The highest BCUT2D eigenvalue weighted by atomic mass is 16.5. The fraction of sp³-hybridized carbons (Fsp3) is 0.357. The quantitative estimate of drug-likeness (QED) is 0.918. The second-order valence-corrected chi connectivity index (χ2v) is 4.31. The van der Waals surface area contributed by atoms with Crippen LogP contribution in [0.4, 0.5) is 5.82 Å². The molecule has 0 unspecified atom stereocenters. The molecule has 0 aliphatic carbocycles. The Hall–Kier alpha value is -2.17. The van der Waals surface area contributed by atoms with Gasteiger partial charge in [0.15, 0.2) is 11.5 Å².